The summed E-state index contributed by atoms with van der Waals surface area (Å²) in [5.41, 5.74) is 2.58. The maximum atomic E-state index is 11.8. The highest BCUT2D eigenvalue weighted by molar-refractivity contribution is 9.10. The Morgan fingerprint density at radius 1 is 1.39 bits per heavy atom. The third kappa shape index (κ3) is 2.91. The zero-order valence-corrected chi connectivity index (χ0v) is 12.0. The number of halogens is 1. The molecule has 0 radical (unpaired) electrons. The largest absolute Gasteiger partial charge is 0.450 e. The van der Waals surface area contributed by atoms with Gasteiger partial charge in [0.15, 0.2) is 5.76 Å². The standard InChI is InChI=1S/C13H14BrNO3/c1-13(2,3)18-15-12(16)10-7-8-5-4-6-9(14)11(8)17-10/h4-7H,1-3H3,(H,15,16). The minimum atomic E-state index is -0.442. The molecule has 0 spiro atoms. The minimum absolute atomic E-state index is 0.223. The number of carbonyl (C=O) groups is 1. The molecule has 18 heavy (non-hydrogen) atoms. The lowest BCUT2D eigenvalue weighted by atomic mass is 10.2. The van der Waals surface area contributed by atoms with E-state index in [4.69, 9.17) is 9.25 Å². The molecule has 4 nitrogen and oxygen atoms in total. The number of hydrogen-bond acceptors (Lipinski definition) is 3. The number of carbonyl (C=O) groups excluding carboxylic acids is 1. The monoisotopic (exact) mass is 311 g/mol. The fourth-order valence-corrected chi connectivity index (χ4v) is 1.85. The van der Waals surface area contributed by atoms with Gasteiger partial charge in [-0.1, -0.05) is 12.1 Å². The number of amides is 1. The molecule has 0 aliphatic heterocycles. The second kappa shape index (κ2) is 4.74. The van der Waals surface area contributed by atoms with Gasteiger partial charge in [-0.15, -0.1) is 0 Å². The van der Waals surface area contributed by atoms with Crippen LogP contribution >= 0.6 is 15.9 Å². The van der Waals surface area contributed by atoms with E-state index in [-0.39, 0.29) is 5.76 Å². The van der Waals surface area contributed by atoms with Crippen molar-refractivity contribution in [2.45, 2.75) is 26.4 Å². The number of nitrogens with one attached hydrogen (secondary N) is 1. The summed E-state index contributed by atoms with van der Waals surface area (Å²) in [6.45, 7) is 5.55. The highest BCUT2D eigenvalue weighted by Gasteiger charge is 2.17. The molecule has 0 unspecified atom stereocenters. The van der Waals surface area contributed by atoms with E-state index >= 15 is 0 Å². The highest BCUT2D eigenvalue weighted by Crippen LogP contribution is 2.26. The third-order valence-electron chi connectivity index (χ3n) is 2.17. The van der Waals surface area contributed by atoms with Gasteiger partial charge in [0.1, 0.15) is 5.58 Å². The maximum absolute atomic E-state index is 11.8. The fraction of sp³-hybridized carbons (Fsp3) is 0.308. The van der Waals surface area contributed by atoms with Crippen LogP contribution in [0.15, 0.2) is 33.2 Å². The van der Waals surface area contributed by atoms with Crippen LogP contribution in [0.1, 0.15) is 31.3 Å². The summed E-state index contributed by atoms with van der Waals surface area (Å²) in [5.74, 6) is -0.172. The second-order valence-corrected chi connectivity index (χ2v) is 5.77. The Balaban J connectivity index is 2.21. The van der Waals surface area contributed by atoms with E-state index in [0.29, 0.717) is 5.58 Å². The van der Waals surface area contributed by atoms with Crippen molar-refractivity contribution in [3.05, 3.63) is 34.5 Å². The molecule has 0 bridgehead atoms. The summed E-state index contributed by atoms with van der Waals surface area (Å²) < 4.78 is 6.30. The molecule has 2 aromatic rings. The van der Waals surface area contributed by atoms with Crippen molar-refractivity contribution in [2.24, 2.45) is 0 Å². The molecule has 1 heterocycles. The van der Waals surface area contributed by atoms with Gasteiger partial charge in [0.05, 0.1) is 10.1 Å². The summed E-state index contributed by atoms with van der Waals surface area (Å²) in [4.78, 5) is 17.0. The van der Waals surface area contributed by atoms with Gasteiger partial charge in [0, 0.05) is 5.39 Å². The first-order valence-corrected chi connectivity index (χ1v) is 6.32. The average molecular weight is 312 g/mol. The quantitative estimate of drug-likeness (QED) is 0.861. The molecule has 1 N–H and O–H groups in total. The lowest BCUT2D eigenvalue weighted by molar-refractivity contribution is -0.0598. The second-order valence-electron chi connectivity index (χ2n) is 4.91. The summed E-state index contributed by atoms with van der Waals surface area (Å²) in [7, 11) is 0. The molecule has 1 aromatic heterocycles. The molecular formula is C13H14BrNO3. The zero-order chi connectivity index (χ0) is 13.3. The van der Waals surface area contributed by atoms with E-state index in [1.807, 2.05) is 39.0 Å². The number of para-hydroxylation sites is 1. The molecule has 96 valence electrons. The van der Waals surface area contributed by atoms with Crippen LogP contribution in [0.5, 0.6) is 0 Å². The van der Waals surface area contributed by atoms with Gasteiger partial charge in [0.25, 0.3) is 0 Å². The van der Waals surface area contributed by atoms with Crippen molar-refractivity contribution < 1.29 is 14.0 Å². The summed E-state index contributed by atoms with van der Waals surface area (Å²) >= 11 is 3.37. The first-order chi connectivity index (χ1) is 8.37. The minimum Gasteiger partial charge on any atom is -0.450 e. The van der Waals surface area contributed by atoms with E-state index in [1.165, 1.54) is 0 Å². The van der Waals surface area contributed by atoms with Crippen LogP contribution in [-0.4, -0.2) is 11.5 Å². The molecule has 2 rings (SSSR count). The predicted octanol–water partition coefficient (Wildman–Crippen LogP) is 3.66. The van der Waals surface area contributed by atoms with E-state index in [0.717, 1.165) is 9.86 Å². The lowest BCUT2D eigenvalue weighted by Gasteiger charge is -2.18. The first-order valence-electron chi connectivity index (χ1n) is 5.53. The van der Waals surface area contributed by atoms with Crippen molar-refractivity contribution >= 4 is 32.8 Å². The first kappa shape index (κ1) is 13.1. The van der Waals surface area contributed by atoms with E-state index in [9.17, 15) is 4.79 Å². The Morgan fingerprint density at radius 2 is 2.11 bits per heavy atom. The average Bonchev–Trinajstić information content (AvgIpc) is 2.70. The van der Waals surface area contributed by atoms with Crippen LogP contribution in [0.2, 0.25) is 0 Å². The fourth-order valence-electron chi connectivity index (χ4n) is 1.39. The Morgan fingerprint density at radius 3 is 2.72 bits per heavy atom. The topological polar surface area (TPSA) is 51.5 Å². The summed E-state index contributed by atoms with van der Waals surface area (Å²) in [6.07, 6.45) is 0. The van der Waals surface area contributed by atoms with E-state index in [2.05, 4.69) is 21.4 Å². The molecule has 0 saturated carbocycles. The van der Waals surface area contributed by atoms with Crippen molar-refractivity contribution in [3.8, 4) is 0 Å². The third-order valence-corrected chi connectivity index (χ3v) is 2.79. The van der Waals surface area contributed by atoms with Gasteiger partial charge < -0.3 is 4.42 Å². The lowest BCUT2D eigenvalue weighted by Crippen LogP contribution is -2.33. The van der Waals surface area contributed by atoms with Crippen LogP contribution in [0.25, 0.3) is 11.0 Å². The van der Waals surface area contributed by atoms with Gasteiger partial charge in [0.2, 0.25) is 0 Å². The van der Waals surface area contributed by atoms with Crippen molar-refractivity contribution in [1.29, 1.82) is 0 Å². The van der Waals surface area contributed by atoms with Crippen molar-refractivity contribution in [2.75, 3.05) is 0 Å². The van der Waals surface area contributed by atoms with E-state index in [1.54, 1.807) is 6.07 Å². The molecule has 5 heteroatoms. The van der Waals surface area contributed by atoms with Crippen molar-refractivity contribution in [1.82, 2.24) is 5.48 Å². The molecule has 0 saturated heterocycles. The molecule has 1 amide bonds. The van der Waals surface area contributed by atoms with Crippen LogP contribution < -0.4 is 5.48 Å². The number of rotatable bonds is 2. The molecule has 0 aliphatic carbocycles. The Hall–Kier alpha value is -1.33. The van der Waals surface area contributed by atoms with E-state index < -0.39 is 11.5 Å². The maximum Gasteiger partial charge on any atom is 0.310 e. The number of hydrogen-bond donors (Lipinski definition) is 1. The van der Waals surface area contributed by atoms with Crippen LogP contribution in [-0.2, 0) is 4.84 Å². The summed E-state index contributed by atoms with van der Waals surface area (Å²) in [5, 5.41) is 0.866. The Kier molecular flexibility index (Phi) is 3.45. The number of fused-ring (bicyclic) bond motifs is 1. The number of furan rings is 1. The normalized spacial score (nSPS) is 11.8. The van der Waals surface area contributed by atoms with Crippen LogP contribution in [0.3, 0.4) is 0 Å². The molecular weight excluding hydrogens is 298 g/mol. The van der Waals surface area contributed by atoms with Gasteiger partial charge in [-0.05, 0) is 48.8 Å². The highest BCUT2D eigenvalue weighted by atomic mass is 79.9. The van der Waals surface area contributed by atoms with Crippen LogP contribution in [0, 0.1) is 0 Å². The molecule has 0 aliphatic rings. The Labute approximate surface area is 113 Å². The SMILES string of the molecule is CC(C)(C)ONC(=O)c1cc2cccc(Br)c2o1. The Bertz CT molecular complexity index is 583. The van der Waals surface area contributed by atoms with Crippen LogP contribution in [0.4, 0.5) is 0 Å². The number of benzene rings is 1. The molecule has 0 fully saturated rings. The zero-order valence-electron chi connectivity index (χ0n) is 10.4. The van der Waals surface area contributed by atoms with Gasteiger partial charge in [-0.3, -0.25) is 9.63 Å². The molecule has 0 atom stereocenters. The van der Waals surface area contributed by atoms with Crippen molar-refractivity contribution in [3.63, 3.8) is 0 Å². The van der Waals surface area contributed by atoms with Gasteiger partial charge in [-0.25, -0.2) is 5.48 Å². The summed E-state index contributed by atoms with van der Waals surface area (Å²) in [6, 6.07) is 7.31. The smallest absolute Gasteiger partial charge is 0.310 e. The van der Waals surface area contributed by atoms with Gasteiger partial charge in [-0.2, -0.15) is 0 Å². The number of hydroxylamine groups is 1. The predicted molar refractivity (Wildman–Crippen MR) is 72.2 cm³/mol. The van der Waals surface area contributed by atoms with Gasteiger partial charge >= 0.3 is 5.91 Å². The molecule has 1 aromatic carbocycles.